The molecule has 11 heteroatoms. The number of rotatable bonds is 5. The van der Waals surface area contributed by atoms with Crippen LogP contribution in [0.25, 0.3) is 10.4 Å². The number of carbonyl (C=O) groups is 2. The zero-order valence-corrected chi connectivity index (χ0v) is 16.0. The number of thiophene rings is 2. The molecule has 4 N–H and O–H groups in total. The molecule has 0 aromatic carbocycles. The Labute approximate surface area is 157 Å². The van der Waals surface area contributed by atoms with E-state index in [0.29, 0.717) is 24.4 Å². The minimum Gasteiger partial charge on any atom is -0.366 e. The highest BCUT2D eigenvalue weighted by Crippen LogP contribution is 2.40. The van der Waals surface area contributed by atoms with Gasteiger partial charge in [-0.2, -0.15) is 8.70 Å². The Kier molecular flexibility index (Phi) is 5.15. The van der Waals surface area contributed by atoms with Crippen molar-refractivity contribution < 1.29 is 22.4 Å². The number of primary amides is 2. The van der Waals surface area contributed by atoms with Crippen molar-refractivity contribution in [1.29, 1.82) is 0 Å². The number of hydrogen-bond acceptors (Lipinski definition) is 6. The quantitative estimate of drug-likeness (QED) is 0.772. The molecule has 0 radical (unpaired) electrons. The first-order valence-corrected chi connectivity index (χ1v) is 10.8. The van der Waals surface area contributed by atoms with E-state index in [9.17, 15) is 22.4 Å². The first-order chi connectivity index (χ1) is 12.2. The van der Waals surface area contributed by atoms with Crippen LogP contribution in [-0.4, -0.2) is 37.6 Å². The van der Waals surface area contributed by atoms with Crippen molar-refractivity contribution in [1.82, 2.24) is 4.31 Å². The topological polar surface area (TPSA) is 124 Å². The minimum atomic E-state index is -3.79. The first-order valence-electron chi connectivity index (χ1n) is 7.75. The van der Waals surface area contributed by atoms with Gasteiger partial charge in [0.2, 0.25) is 5.91 Å². The van der Waals surface area contributed by atoms with Crippen molar-refractivity contribution in [3.63, 3.8) is 0 Å². The van der Waals surface area contributed by atoms with Crippen LogP contribution in [0.2, 0.25) is 0 Å². The minimum absolute atomic E-state index is 0.0646. The van der Waals surface area contributed by atoms with Crippen molar-refractivity contribution >= 4 is 44.5 Å². The fourth-order valence-corrected chi connectivity index (χ4v) is 6.80. The predicted octanol–water partition coefficient (Wildman–Crippen LogP) is 1.99. The lowest BCUT2D eigenvalue weighted by Gasteiger charge is -2.25. The van der Waals surface area contributed by atoms with Crippen LogP contribution in [0, 0.1) is 5.13 Å². The van der Waals surface area contributed by atoms with Crippen LogP contribution in [0.1, 0.15) is 39.3 Å². The Hall–Kier alpha value is -1.82. The van der Waals surface area contributed by atoms with E-state index in [-0.39, 0.29) is 25.1 Å². The van der Waals surface area contributed by atoms with Crippen LogP contribution in [0.4, 0.5) is 4.39 Å². The summed E-state index contributed by atoms with van der Waals surface area (Å²) in [5, 5.41) is -0.668. The summed E-state index contributed by atoms with van der Waals surface area (Å²) in [7, 11) is -3.79. The molecule has 0 atom stereocenters. The molecular formula is C15H16FN3O4S3. The molecule has 26 heavy (non-hydrogen) atoms. The summed E-state index contributed by atoms with van der Waals surface area (Å²) < 4.78 is 40.7. The summed E-state index contributed by atoms with van der Waals surface area (Å²) in [6.07, 6.45) is 2.49. The van der Waals surface area contributed by atoms with E-state index in [1.807, 2.05) is 0 Å². The van der Waals surface area contributed by atoms with E-state index in [1.165, 1.54) is 10.4 Å². The molecule has 0 bridgehead atoms. The molecule has 7 nitrogen and oxygen atoms in total. The molecule has 140 valence electrons. The molecule has 1 saturated heterocycles. The highest BCUT2D eigenvalue weighted by atomic mass is 32.2. The van der Waals surface area contributed by atoms with E-state index in [2.05, 4.69) is 0 Å². The molecule has 1 aliphatic rings. The van der Waals surface area contributed by atoms with Gasteiger partial charge in [0, 0.05) is 18.7 Å². The third kappa shape index (κ3) is 3.39. The molecular weight excluding hydrogens is 401 g/mol. The van der Waals surface area contributed by atoms with Crippen molar-refractivity contribution in [3.8, 4) is 10.4 Å². The predicted molar refractivity (Wildman–Crippen MR) is 97.2 cm³/mol. The normalized spacial score (nSPS) is 15.9. The van der Waals surface area contributed by atoms with Crippen LogP contribution in [-0.2, 0) is 10.0 Å². The number of nitrogens with two attached hydrogens (primary N) is 2. The van der Waals surface area contributed by atoms with E-state index in [4.69, 9.17) is 11.5 Å². The van der Waals surface area contributed by atoms with Crippen LogP contribution in [0.5, 0.6) is 0 Å². The molecule has 0 unspecified atom stereocenters. The molecule has 0 spiro atoms. The van der Waals surface area contributed by atoms with Crippen molar-refractivity contribution in [2.24, 2.45) is 11.5 Å². The van der Waals surface area contributed by atoms with Crippen LogP contribution in [0.15, 0.2) is 16.3 Å². The van der Waals surface area contributed by atoms with E-state index < -0.39 is 27.0 Å². The molecule has 1 aliphatic heterocycles. The highest BCUT2D eigenvalue weighted by molar-refractivity contribution is 7.91. The van der Waals surface area contributed by atoms with Gasteiger partial charge in [-0.15, -0.1) is 22.7 Å². The van der Waals surface area contributed by atoms with Gasteiger partial charge in [-0.05, 0) is 25.0 Å². The number of hydrogen-bond donors (Lipinski definition) is 2. The largest absolute Gasteiger partial charge is 0.366 e. The third-order valence-electron chi connectivity index (χ3n) is 4.05. The molecule has 0 saturated carbocycles. The summed E-state index contributed by atoms with van der Waals surface area (Å²) in [4.78, 5) is 23.4. The zero-order chi connectivity index (χ0) is 19.1. The number of piperidine rings is 1. The molecule has 0 aliphatic carbocycles. The van der Waals surface area contributed by atoms with E-state index in [1.54, 1.807) is 0 Å². The summed E-state index contributed by atoms with van der Waals surface area (Å²) in [6.45, 7) is 0.808. The summed E-state index contributed by atoms with van der Waals surface area (Å²) in [5.74, 6) is -1.73. The first kappa shape index (κ1) is 19.0. The number of carbonyl (C=O) groups excluding carboxylic acids is 2. The monoisotopic (exact) mass is 417 g/mol. The van der Waals surface area contributed by atoms with Gasteiger partial charge in [-0.25, -0.2) is 8.42 Å². The maximum absolute atomic E-state index is 13.7. The molecule has 3 heterocycles. The summed E-state index contributed by atoms with van der Waals surface area (Å²) in [6, 6.07) is 2.24. The third-order valence-corrected chi connectivity index (χ3v) is 8.51. The van der Waals surface area contributed by atoms with Crippen LogP contribution in [0.3, 0.4) is 0 Å². The zero-order valence-electron chi connectivity index (χ0n) is 13.5. The molecule has 2 aromatic heterocycles. The molecule has 2 aromatic rings. The number of nitrogens with zero attached hydrogens (tertiary/aromatic N) is 1. The van der Waals surface area contributed by atoms with Crippen molar-refractivity contribution in [2.45, 2.75) is 23.5 Å². The SMILES string of the molecule is NC(=O)c1cc(S(=O)(=O)N2CCCCC2)sc1-c1cc(F)sc1C(N)=O. The van der Waals surface area contributed by atoms with Gasteiger partial charge in [-0.3, -0.25) is 9.59 Å². The average molecular weight is 418 g/mol. The van der Waals surface area contributed by atoms with Gasteiger partial charge in [0.25, 0.3) is 15.9 Å². The summed E-state index contributed by atoms with van der Waals surface area (Å²) in [5.41, 5.74) is 10.6. The second kappa shape index (κ2) is 7.06. The smallest absolute Gasteiger partial charge is 0.259 e. The Morgan fingerprint density at radius 1 is 1.04 bits per heavy atom. The van der Waals surface area contributed by atoms with E-state index >= 15 is 0 Å². The van der Waals surface area contributed by atoms with Gasteiger partial charge in [0.15, 0.2) is 5.13 Å². The second-order valence-corrected chi connectivity index (χ2v) is 10.0. The van der Waals surface area contributed by atoms with Crippen LogP contribution >= 0.6 is 22.7 Å². The van der Waals surface area contributed by atoms with Gasteiger partial charge >= 0.3 is 0 Å². The van der Waals surface area contributed by atoms with Gasteiger partial charge in [0.05, 0.1) is 10.4 Å². The lowest BCUT2D eigenvalue weighted by molar-refractivity contribution is 0.0992. The maximum Gasteiger partial charge on any atom is 0.259 e. The fourth-order valence-electron chi connectivity index (χ4n) is 2.82. The van der Waals surface area contributed by atoms with Crippen molar-refractivity contribution in [2.75, 3.05) is 13.1 Å². The number of halogens is 1. The Morgan fingerprint density at radius 3 is 2.27 bits per heavy atom. The highest BCUT2D eigenvalue weighted by Gasteiger charge is 2.31. The van der Waals surface area contributed by atoms with E-state index in [0.717, 1.165) is 36.7 Å². The maximum atomic E-state index is 13.7. The lowest BCUT2D eigenvalue weighted by Crippen LogP contribution is -2.35. The standard InChI is InChI=1S/C15H16FN3O4S3/c16-10-6-8(13(24-10)15(18)21)12-9(14(17)20)7-11(25-12)26(22,23)19-4-2-1-3-5-19/h6-7H,1-5H2,(H2,17,20)(H2,18,21). The Morgan fingerprint density at radius 2 is 1.69 bits per heavy atom. The summed E-state index contributed by atoms with van der Waals surface area (Å²) >= 11 is 1.32. The Bertz CT molecular complexity index is 974. The van der Waals surface area contributed by atoms with Crippen LogP contribution < -0.4 is 11.5 Å². The van der Waals surface area contributed by atoms with Crippen molar-refractivity contribution in [3.05, 3.63) is 27.7 Å². The number of sulfonamides is 1. The van der Waals surface area contributed by atoms with Gasteiger partial charge < -0.3 is 11.5 Å². The lowest BCUT2D eigenvalue weighted by atomic mass is 10.1. The second-order valence-electron chi connectivity index (χ2n) is 5.79. The number of amides is 2. The average Bonchev–Trinajstić information content (AvgIpc) is 3.19. The molecule has 2 amide bonds. The molecule has 3 rings (SSSR count). The molecule has 1 fully saturated rings. The van der Waals surface area contributed by atoms with Gasteiger partial charge in [-0.1, -0.05) is 6.42 Å². The fraction of sp³-hybridized carbons (Fsp3) is 0.333. The Balaban J connectivity index is 2.14. The van der Waals surface area contributed by atoms with Gasteiger partial charge in [0.1, 0.15) is 9.09 Å².